The Hall–Kier alpha value is -1.63. The molecule has 5 N–H and O–H groups in total. The summed E-state index contributed by atoms with van der Waals surface area (Å²) < 4.78 is 0. The molecule has 0 aliphatic carbocycles. The molecule has 92 valence electrons. The molecule has 0 aromatic carbocycles. The summed E-state index contributed by atoms with van der Waals surface area (Å²) >= 11 is 0. The fraction of sp³-hybridized carbons (Fsp3) is 0.667. The van der Waals surface area contributed by atoms with E-state index in [4.69, 9.17) is 10.8 Å². The predicted octanol–water partition coefficient (Wildman–Crippen LogP) is -1.57. The van der Waals surface area contributed by atoms with Crippen molar-refractivity contribution in [1.82, 2.24) is 10.6 Å². The van der Waals surface area contributed by atoms with E-state index < -0.39 is 24.3 Å². The van der Waals surface area contributed by atoms with E-state index in [1.165, 1.54) is 0 Å². The molecule has 0 saturated carbocycles. The molecular weight excluding hydrogens is 214 g/mol. The lowest BCUT2D eigenvalue weighted by molar-refractivity contribution is -0.139. The van der Waals surface area contributed by atoms with Crippen LogP contribution in [0.4, 0.5) is 0 Å². The normalized spacial score (nSPS) is 11.6. The maximum Gasteiger partial charge on any atom is 0.305 e. The Morgan fingerprint density at radius 2 is 1.94 bits per heavy atom. The van der Waals surface area contributed by atoms with Gasteiger partial charge >= 0.3 is 5.97 Å². The second-order valence-electron chi connectivity index (χ2n) is 3.27. The third kappa shape index (κ3) is 6.77. The number of hydrogen-bond donors (Lipinski definition) is 4. The van der Waals surface area contributed by atoms with E-state index in [2.05, 4.69) is 10.6 Å². The van der Waals surface area contributed by atoms with Gasteiger partial charge in [-0.1, -0.05) is 6.92 Å². The van der Waals surface area contributed by atoms with Gasteiger partial charge in [-0.3, -0.25) is 14.4 Å². The summed E-state index contributed by atoms with van der Waals surface area (Å²) in [6.45, 7) is 2.25. The van der Waals surface area contributed by atoms with Crippen LogP contribution in [-0.2, 0) is 14.4 Å². The van der Waals surface area contributed by atoms with Crippen LogP contribution in [0.15, 0.2) is 0 Å². The molecule has 0 aliphatic heterocycles. The summed E-state index contributed by atoms with van der Waals surface area (Å²) in [6, 6.07) is -1.13. The Morgan fingerprint density at radius 1 is 1.31 bits per heavy atom. The minimum absolute atomic E-state index is 0.188. The van der Waals surface area contributed by atoms with Gasteiger partial charge in [0, 0.05) is 6.54 Å². The minimum atomic E-state index is -1.15. The summed E-state index contributed by atoms with van der Waals surface area (Å²) in [7, 11) is 0. The maximum absolute atomic E-state index is 11.2. The molecule has 0 aromatic rings. The lowest BCUT2D eigenvalue weighted by Gasteiger charge is -2.09. The first-order valence-corrected chi connectivity index (χ1v) is 4.99. The number of rotatable bonds is 7. The van der Waals surface area contributed by atoms with Crippen molar-refractivity contribution in [3.63, 3.8) is 0 Å². The fourth-order valence-electron chi connectivity index (χ4n) is 0.906. The van der Waals surface area contributed by atoms with Gasteiger partial charge < -0.3 is 21.5 Å². The monoisotopic (exact) mass is 231 g/mol. The van der Waals surface area contributed by atoms with Crippen molar-refractivity contribution in [2.24, 2.45) is 5.73 Å². The summed E-state index contributed by atoms with van der Waals surface area (Å²) in [5.74, 6) is -2.12. The van der Waals surface area contributed by atoms with Crippen LogP contribution >= 0.6 is 0 Å². The zero-order valence-electron chi connectivity index (χ0n) is 9.16. The van der Waals surface area contributed by atoms with Crippen molar-refractivity contribution in [2.45, 2.75) is 25.8 Å². The highest BCUT2D eigenvalue weighted by molar-refractivity contribution is 5.89. The van der Waals surface area contributed by atoms with Gasteiger partial charge in [-0.2, -0.15) is 0 Å². The lowest BCUT2D eigenvalue weighted by Crippen LogP contribution is -2.45. The van der Waals surface area contributed by atoms with E-state index in [-0.39, 0.29) is 12.5 Å². The van der Waals surface area contributed by atoms with Crippen molar-refractivity contribution in [1.29, 1.82) is 0 Å². The highest BCUT2D eigenvalue weighted by Crippen LogP contribution is 1.87. The lowest BCUT2D eigenvalue weighted by atomic mass is 10.2. The smallest absolute Gasteiger partial charge is 0.305 e. The van der Waals surface area contributed by atoms with E-state index >= 15 is 0 Å². The molecule has 0 rings (SSSR count). The topological polar surface area (TPSA) is 122 Å². The highest BCUT2D eigenvalue weighted by Gasteiger charge is 2.17. The second-order valence-corrected chi connectivity index (χ2v) is 3.27. The molecule has 16 heavy (non-hydrogen) atoms. The zero-order chi connectivity index (χ0) is 12.6. The molecule has 0 saturated heterocycles. The fourth-order valence-corrected chi connectivity index (χ4v) is 0.906. The number of carboxylic acids is 1. The molecule has 0 bridgehead atoms. The second kappa shape index (κ2) is 7.63. The standard InChI is InChI=1S/C9H17N3O4/c1-2-3-11-7(13)5-12-9(16)6(10)4-8(14)15/h6H,2-5,10H2,1H3,(H,11,13)(H,12,16)(H,14,15). The van der Waals surface area contributed by atoms with E-state index in [0.29, 0.717) is 6.54 Å². The molecule has 0 fully saturated rings. The van der Waals surface area contributed by atoms with Crippen molar-refractivity contribution < 1.29 is 19.5 Å². The van der Waals surface area contributed by atoms with Gasteiger partial charge in [-0.05, 0) is 6.42 Å². The molecule has 1 atom stereocenters. The number of carboxylic acid groups (broad SMARTS) is 1. The number of nitrogens with one attached hydrogen (secondary N) is 2. The van der Waals surface area contributed by atoms with Gasteiger partial charge in [-0.15, -0.1) is 0 Å². The number of carbonyl (C=O) groups excluding carboxylic acids is 2. The first-order chi connectivity index (χ1) is 7.47. The Kier molecular flexibility index (Phi) is 6.86. The van der Waals surface area contributed by atoms with Crippen molar-refractivity contribution >= 4 is 17.8 Å². The quantitative estimate of drug-likeness (QED) is 0.422. The summed E-state index contributed by atoms with van der Waals surface area (Å²) in [6.07, 6.45) is 0.348. The van der Waals surface area contributed by atoms with Gasteiger partial charge in [0.15, 0.2) is 0 Å². The van der Waals surface area contributed by atoms with Crippen molar-refractivity contribution in [3.8, 4) is 0 Å². The molecular formula is C9H17N3O4. The van der Waals surface area contributed by atoms with Crippen LogP contribution in [0.25, 0.3) is 0 Å². The van der Waals surface area contributed by atoms with Crippen LogP contribution in [0.1, 0.15) is 19.8 Å². The molecule has 0 radical (unpaired) electrons. The molecule has 2 amide bonds. The Bertz CT molecular complexity index is 267. The molecule has 0 aromatic heterocycles. The number of amides is 2. The number of nitrogens with two attached hydrogens (primary N) is 1. The Balaban J connectivity index is 3.79. The summed E-state index contributed by atoms with van der Waals surface area (Å²) in [4.78, 5) is 32.5. The largest absolute Gasteiger partial charge is 0.481 e. The summed E-state index contributed by atoms with van der Waals surface area (Å²) in [5, 5.41) is 13.2. The average molecular weight is 231 g/mol. The van der Waals surface area contributed by atoms with Gasteiger partial charge in [-0.25, -0.2) is 0 Å². The van der Waals surface area contributed by atoms with Crippen LogP contribution < -0.4 is 16.4 Å². The maximum atomic E-state index is 11.2. The molecule has 7 nitrogen and oxygen atoms in total. The highest BCUT2D eigenvalue weighted by atomic mass is 16.4. The molecule has 7 heteroatoms. The molecule has 0 aliphatic rings. The number of aliphatic carboxylic acids is 1. The summed E-state index contributed by atoms with van der Waals surface area (Å²) in [5.41, 5.74) is 5.28. The van der Waals surface area contributed by atoms with Crippen LogP contribution in [0, 0.1) is 0 Å². The SMILES string of the molecule is CCCNC(=O)CNC(=O)C(N)CC(=O)O. The van der Waals surface area contributed by atoms with Crippen LogP contribution in [0.3, 0.4) is 0 Å². The molecule has 0 spiro atoms. The third-order valence-corrected chi connectivity index (χ3v) is 1.73. The van der Waals surface area contributed by atoms with E-state index in [0.717, 1.165) is 6.42 Å². The van der Waals surface area contributed by atoms with E-state index in [1.807, 2.05) is 6.92 Å². The minimum Gasteiger partial charge on any atom is -0.481 e. The van der Waals surface area contributed by atoms with E-state index in [9.17, 15) is 14.4 Å². The first kappa shape index (κ1) is 14.4. The van der Waals surface area contributed by atoms with Crippen LogP contribution in [0.2, 0.25) is 0 Å². The molecule has 1 unspecified atom stereocenters. The molecule has 0 heterocycles. The average Bonchev–Trinajstić information content (AvgIpc) is 2.21. The van der Waals surface area contributed by atoms with Gasteiger partial charge in [0.05, 0.1) is 19.0 Å². The number of hydrogen-bond acceptors (Lipinski definition) is 4. The van der Waals surface area contributed by atoms with Gasteiger partial charge in [0.1, 0.15) is 0 Å². The van der Waals surface area contributed by atoms with Gasteiger partial charge in [0.25, 0.3) is 0 Å². The van der Waals surface area contributed by atoms with Crippen molar-refractivity contribution in [3.05, 3.63) is 0 Å². The van der Waals surface area contributed by atoms with Gasteiger partial charge in [0.2, 0.25) is 11.8 Å². The van der Waals surface area contributed by atoms with Crippen LogP contribution in [-0.4, -0.2) is 42.0 Å². The van der Waals surface area contributed by atoms with E-state index in [1.54, 1.807) is 0 Å². The van der Waals surface area contributed by atoms with Crippen LogP contribution in [0.5, 0.6) is 0 Å². The van der Waals surface area contributed by atoms with Crippen molar-refractivity contribution in [2.75, 3.05) is 13.1 Å². The first-order valence-electron chi connectivity index (χ1n) is 4.99. The number of carbonyl (C=O) groups is 3. The Morgan fingerprint density at radius 3 is 2.44 bits per heavy atom. The zero-order valence-corrected chi connectivity index (χ0v) is 9.16. The Labute approximate surface area is 93.4 Å². The third-order valence-electron chi connectivity index (χ3n) is 1.73. The predicted molar refractivity (Wildman–Crippen MR) is 56.5 cm³/mol.